The summed E-state index contributed by atoms with van der Waals surface area (Å²) in [6.07, 6.45) is -2.60. The van der Waals surface area contributed by atoms with Gasteiger partial charge in [0.2, 0.25) is 5.91 Å². The predicted octanol–water partition coefficient (Wildman–Crippen LogP) is 3.11. The van der Waals surface area contributed by atoms with Gasteiger partial charge in [0.05, 0.1) is 22.8 Å². The normalized spacial score (nSPS) is 19.3. The number of carbonyl (C=O) groups excluding carboxylic acids is 1. The van der Waals surface area contributed by atoms with Crippen LogP contribution < -0.4 is 5.32 Å². The van der Waals surface area contributed by atoms with Crippen molar-refractivity contribution in [1.29, 1.82) is 0 Å². The number of likely N-dealkylation sites (tertiary alicyclic amines) is 1. The van der Waals surface area contributed by atoms with Crippen LogP contribution in [0, 0.1) is 0 Å². The molecule has 1 N–H and O–H groups in total. The van der Waals surface area contributed by atoms with Crippen molar-refractivity contribution in [2.75, 3.05) is 19.6 Å². The Balaban J connectivity index is 1.66. The van der Waals surface area contributed by atoms with Crippen LogP contribution in [-0.4, -0.2) is 41.6 Å². The number of halogens is 3. The highest BCUT2D eigenvalue weighted by Crippen LogP contribution is 2.36. The van der Waals surface area contributed by atoms with Gasteiger partial charge in [-0.15, -0.1) is 11.3 Å². The Morgan fingerprint density at radius 3 is 2.91 bits per heavy atom. The summed E-state index contributed by atoms with van der Waals surface area (Å²) >= 11 is 1.58. The van der Waals surface area contributed by atoms with Crippen LogP contribution in [0.3, 0.4) is 0 Å². The summed E-state index contributed by atoms with van der Waals surface area (Å²) in [4.78, 5) is 18.2. The second kappa shape index (κ2) is 6.45. The average molecular weight is 343 g/mol. The van der Waals surface area contributed by atoms with Crippen LogP contribution in [-0.2, 0) is 4.79 Å². The van der Waals surface area contributed by atoms with Crippen LogP contribution in [0.2, 0.25) is 0 Å². The summed E-state index contributed by atoms with van der Waals surface area (Å²) in [6.45, 7) is -0.623. The lowest BCUT2D eigenvalue weighted by molar-refractivity contribution is -0.139. The fourth-order valence-electron chi connectivity index (χ4n) is 2.77. The number of fused-ring (bicyclic) bond motifs is 1. The molecular formula is C15H16F3N3OS. The highest BCUT2D eigenvalue weighted by Gasteiger charge is 2.32. The molecule has 0 bridgehead atoms. The highest BCUT2D eigenvalue weighted by molar-refractivity contribution is 7.18. The molecule has 124 valence electrons. The van der Waals surface area contributed by atoms with E-state index in [2.05, 4.69) is 4.98 Å². The topological polar surface area (TPSA) is 45.2 Å². The molecule has 23 heavy (non-hydrogen) atoms. The van der Waals surface area contributed by atoms with Gasteiger partial charge in [0.15, 0.2) is 0 Å². The van der Waals surface area contributed by atoms with Crippen molar-refractivity contribution in [2.24, 2.45) is 0 Å². The van der Waals surface area contributed by atoms with Gasteiger partial charge in [0.25, 0.3) is 0 Å². The van der Waals surface area contributed by atoms with Gasteiger partial charge in [0.1, 0.15) is 11.6 Å². The first kappa shape index (κ1) is 16.2. The molecule has 1 aromatic heterocycles. The van der Waals surface area contributed by atoms with Crippen LogP contribution in [0.15, 0.2) is 24.3 Å². The Labute approximate surface area is 135 Å². The lowest BCUT2D eigenvalue weighted by Crippen LogP contribution is -2.40. The maximum absolute atomic E-state index is 12.2. The molecule has 1 aliphatic heterocycles. The van der Waals surface area contributed by atoms with Crippen molar-refractivity contribution < 1.29 is 18.0 Å². The number of rotatable bonds is 4. The molecule has 1 aliphatic rings. The summed E-state index contributed by atoms with van der Waals surface area (Å²) < 4.78 is 37.5. The summed E-state index contributed by atoms with van der Waals surface area (Å²) in [6, 6.07) is 7.80. The highest BCUT2D eigenvalue weighted by atomic mass is 32.1. The third kappa shape index (κ3) is 4.00. The van der Waals surface area contributed by atoms with E-state index in [9.17, 15) is 18.0 Å². The molecule has 0 saturated carbocycles. The van der Waals surface area contributed by atoms with E-state index in [0.29, 0.717) is 6.54 Å². The standard InChI is InChI=1S/C15H16F3N3OS/c16-15(17,18)9-19-13(22)8-21-7-3-5-11(21)14-20-10-4-1-2-6-12(10)23-14/h1-2,4,6,11H,3,5,7-9H2,(H,19,22)/t11-/m1/s1. The number of aromatic nitrogens is 1. The molecule has 1 amide bonds. The van der Waals surface area contributed by atoms with Crippen molar-refractivity contribution in [3.8, 4) is 0 Å². The SMILES string of the molecule is O=C(CN1CCC[C@@H]1c1nc2ccccc2s1)NCC(F)(F)F. The van der Waals surface area contributed by atoms with Crippen molar-refractivity contribution in [3.05, 3.63) is 29.3 Å². The van der Waals surface area contributed by atoms with E-state index in [-0.39, 0.29) is 12.6 Å². The van der Waals surface area contributed by atoms with Crippen molar-refractivity contribution in [3.63, 3.8) is 0 Å². The van der Waals surface area contributed by atoms with Gasteiger partial charge in [-0.3, -0.25) is 9.69 Å². The van der Waals surface area contributed by atoms with E-state index in [1.165, 1.54) is 0 Å². The Hall–Kier alpha value is -1.67. The van der Waals surface area contributed by atoms with Gasteiger partial charge in [0, 0.05) is 0 Å². The molecule has 0 radical (unpaired) electrons. The van der Waals surface area contributed by atoms with E-state index in [1.807, 2.05) is 34.5 Å². The first-order valence-electron chi connectivity index (χ1n) is 7.35. The van der Waals surface area contributed by atoms with Crippen molar-refractivity contribution in [1.82, 2.24) is 15.2 Å². The predicted molar refractivity (Wildman–Crippen MR) is 82.2 cm³/mol. The zero-order chi connectivity index (χ0) is 16.4. The van der Waals surface area contributed by atoms with Gasteiger partial charge in [-0.05, 0) is 31.5 Å². The Morgan fingerprint density at radius 2 is 2.17 bits per heavy atom. The van der Waals surface area contributed by atoms with Gasteiger partial charge >= 0.3 is 6.18 Å². The molecule has 1 saturated heterocycles. The number of alkyl halides is 3. The fraction of sp³-hybridized carbons (Fsp3) is 0.467. The number of para-hydroxylation sites is 1. The Morgan fingerprint density at radius 1 is 1.39 bits per heavy atom. The minimum atomic E-state index is -4.38. The van der Waals surface area contributed by atoms with Crippen LogP contribution >= 0.6 is 11.3 Å². The maximum atomic E-state index is 12.2. The van der Waals surface area contributed by atoms with Crippen molar-refractivity contribution >= 4 is 27.5 Å². The maximum Gasteiger partial charge on any atom is 0.405 e. The number of nitrogens with zero attached hydrogens (tertiary/aromatic N) is 2. The Bertz CT molecular complexity index is 668. The molecule has 1 aromatic carbocycles. The molecule has 4 nitrogen and oxygen atoms in total. The third-order valence-electron chi connectivity index (χ3n) is 3.79. The number of amides is 1. The van der Waals surface area contributed by atoms with Gasteiger partial charge < -0.3 is 5.32 Å². The van der Waals surface area contributed by atoms with E-state index in [4.69, 9.17) is 0 Å². The summed E-state index contributed by atoms with van der Waals surface area (Å²) in [5.41, 5.74) is 0.917. The van der Waals surface area contributed by atoms with E-state index in [1.54, 1.807) is 11.3 Å². The quantitative estimate of drug-likeness (QED) is 0.928. The molecule has 2 heterocycles. The van der Waals surface area contributed by atoms with Gasteiger partial charge in [-0.1, -0.05) is 12.1 Å². The first-order valence-corrected chi connectivity index (χ1v) is 8.17. The van der Waals surface area contributed by atoms with E-state index >= 15 is 0 Å². The summed E-state index contributed by atoms with van der Waals surface area (Å²) in [5, 5.41) is 2.85. The van der Waals surface area contributed by atoms with E-state index in [0.717, 1.165) is 28.1 Å². The third-order valence-corrected chi connectivity index (χ3v) is 4.93. The molecule has 2 aromatic rings. The van der Waals surface area contributed by atoms with Gasteiger partial charge in [-0.2, -0.15) is 13.2 Å². The fourth-order valence-corrected chi connectivity index (χ4v) is 3.90. The number of hydrogen-bond acceptors (Lipinski definition) is 4. The number of benzene rings is 1. The molecule has 1 fully saturated rings. The summed E-state index contributed by atoms with van der Waals surface area (Å²) in [5.74, 6) is -0.602. The average Bonchev–Trinajstić information content (AvgIpc) is 3.10. The zero-order valence-corrected chi connectivity index (χ0v) is 13.1. The lowest BCUT2D eigenvalue weighted by Gasteiger charge is -2.22. The van der Waals surface area contributed by atoms with Crippen LogP contribution in [0.4, 0.5) is 13.2 Å². The van der Waals surface area contributed by atoms with Crippen LogP contribution in [0.1, 0.15) is 23.9 Å². The lowest BCUT2D eigenvalue weighted by atomic mass is 10.2. The molecule has 0 aliphatic carbocycles. The van der Waals surface area contributed by atoms with Crippen LogP contribution in [0.25, 0.3) is 10.2 Å². The molecule has 0 unspecified atom stereocenters. The minimum absolute atomic E-state index is 0.00374. The second-order valence-electron chi connectivity index (χ2n) is 5.54. The van der Waals surface area contributed by atoms with Gasteiger partial charge in [-0.25, -0.2) is 4.98 Å². The number of carbonyl (C=O) groups is 1. The minimum Gasteiger partial charge on any atom is -0.346 e. The first-order chi connectivity index (χ1) is 10.9. The van der Waals surface area contributed by atoms with Crippen LogP contribution in [0.5, 0.6) is 0 Å². The monoisotopic (exact) mass is 343 g/mol. The van der Waals surface area contributed by atoms with E-state index < -0.39 is 18.6 Å². The Kier molecular flexibility index (Phi) is 4.54. The number of nitrogens with one attached hydrogen (secondary N) is 1. The molecule has 8 heteroatoms. The molecular weight excluding hydrogens is 327 g/mol. The largest absolute Gasteiger partial charge is 0.405 e. The smallest absolute Gasteiger partial charge is 0.346 e. The number of hydrogen-bond donors (Lipinski definition) is 1. The number of thiazole rings is 1. The molecule has 0 spiro atoms. The summed E-state index contributed by atoms with van der Waals surface area (Å²) in [7, 11) is 0. The molecule has 1 atom stereocenters. The zero-order valence-electron chi connectivity index (χ0n) is 12.3. The second-order valence-corrected chi connectivity index (χ2v) is 6.60. The van der Waals surface area contributed by atoms with Crippen molar-refractivity contribution in [2.45, 2.75) is 25.1 Å². The molecule has 3 rings (SSSR count).